The molecule has 0 aliphatic rings. The number of hydrogen-bond donors (Lipinski definition) is 0. The zero-order chi connectivity index (χ0) is 5.28. The summed E-state index contributed by atoms with van der Waals surface area (Å²) in [5.41, 5.74) is 0. The molecule has 0 fully saturated rings. The van der Waals surface area contributed by atoms with Crippen molar-refractivity contribution in [1.82, 2.24) is 0 Å². The normalized spacial score (nSPS) is 9.43. The Morgan fingerprint density at radius 2 is 2.29 bits per heavy atom. The molecule has 0 N–H and O–H groups in total. The van der Waals surface area contributed by atoms with Crippen LogP contribution in [0.1, 0.15) is 0 Å². The highest BCUT2D eigenvalue weighted by atomic mass is 127. The van der Waals surface area contributed by atoms with Gasteiger partial charge in [0.05, 0.1) is 5.77 Å². The SMILES string of the molecule is Ic1[c]cc(I)s1. The minimum absolute atomic E-state index is 1.24. The predicted molar refractivity (Wildman–Crippen MR) is 48.6 cm³/mol. The fourth-order valence-corrected chi connectivity index (χ4v) is 3.61. The molecule has 0 amide bonds. The van der Waals surface area contributed by atoms with Crippen molar-refractivity contribution in [3.8, 4) is 0 Å². The molecule has 0 atom stereocenters. The lowest BCUT2D eigenvalue weighted by Crippen LogP contribution is -1.40. The highest BCUT2D eigenvalue weighted by molar-refractivity contribution is 14.1. The maximum atomic E-state index is 3.07. The van der Waals surface area contributed by atoms with Gasteiger partial charge in [-0.2, -0.15) is 0 Å². The van der Waals surface area contributed by atoms with Gasteiger partial charge in [0.25, 0.3) is 0 Å². The Labute approximate surface area is 73.6 Å². The average molecular weight is 335 g/mol. The number of hydrogen-bond acceptors (Lipinski definition) is 1. The molecule has 0 aromatic carbocycles. The van der Waals surface area contributed by atoms with Crippen molar-refractivity contribution in [2.75, 3.05) is 0 Å². The zero-order valence-corrected chi connectivity index (χ0v) is 8.37. The first-order chi connectivity index (χ1) is 3.29. The third-order valence-corrected chi connectivity index (χ3v) is 3.04. The molecule has 0 saturated carbocycles. The molecule has 0 nitrogen and oxygen atoms in total. The molecule has 1 rings (SSSR count). The van der Waals surface area contributed by atoms with E-state index < -0.39 is 0 Å². The molecule has 0 saturated heterocycles. The van der Waals surface area contributed by atoms with E-state index >= 15 is 0 Å². The van der Waals surface area contributed by atoms with E-state index in [1.165, 1.54) is 5.77 Å². The minimum atomic E-state index is 1.24. The van der Waals surface area contributed by atoms with Gasteiger partial charge in [0.2, 0.25) is 0 Å². The second kappa shape index (κ2) is 2.63. The van der Waals surface area contributed by atoms with E-state index in [1.54, 1.807) is 11.3 Å². The Kier molecular flexibility index (Phi) is 2.36. The van der Waals surface area contributed by atoms with Crippen molar-refractivity contribution < 1.29 is 0 Å². The third-order valence-electron chi connectivity index (χ3n) is 0.486. The molecule has 1 heterocycles. The first kappa shape index (κ1) is 6.28. The molecule has 1 radical (unpaired) electrons. The maximum Gasteiger partial charge on any atom is 0.0743 e. The van der Waals surface area contributed by atoms with E-state index in [2.05, 4.69) is 51.2 Å². The molecular weight excluding hydrogens is 334 g/mol. The predicted octanol–water partition coefficient (Wildman–Crippen LogP) is 2.76. The van der Waals surface area contributed by atoms with Crippen LogP contribution < -0.4 is 0 Å². The van der Waals surface area contributed by atoms with E-state index in [1.807, 2.05) is 6.07 Å². The topological polar surface area (TPSA) is 0 Å². The molecule has 3 heteroatoms. The molecule has 0 bridgehead atoms. The van der Waals surface area contributed by atoms with Crippen LogP contribution in [-0.2, 0) is 0 Å². The van der Waals surface area contributed by atoms with Crippen molar-refractivity contribution in [1.29, 1.82) is 0 Å². The number of thiophene rings is 1. The Hall–Kier alpha value is 1.16. The van der Waals surface area contributed by atoms with Crippen LogP contribution in [0, 0.1) is 11.8 Å². The first-order valence-electron chi connectivity index (χ1n) is 1.61. The molecule has 0 spiro atoms. The molecule has 0 unspecified atom stereocenters. The second-order valence-corrected chi connectivity index (χ2v) is 5.73. The number of rotatable bonds is 0. The zero-order valence-electron chi connectivity index (χ0n) is 3.24. The lowest BCUT2D eigenvalue weighted by molar-refractivity contribution is 1.89. The quantitative estimate of drug-likeness (QED) is 0.640. The summed E-state index contributed by atoms with van der Waals surface area (Å²) in [7, 11) is 0. The van der Waals surface area contributed by atoms with Gasteiger partial charge in [-0.15, -0.1) is 11.3 Å². The summed E-state index contributed by atoms with van der Waals surface area (Å²) >= 11 is 6.30. The van der Waals surface area contributed by atoms with Crippen LogP contribution in [0.2, 0.25) is 0 Å². The fourth-order valence-electron chi connectivity index (χ4n) is 0.258. The third kappa shape index (κ3) is 1.85. The Bertz CT molecular complexity index is 142. The monoisotopic (exact) mass is 335 g/mol. The van der Waals surface area contributed by atoms with Crippen LogP contribution >= 0.6 is 56.5 Å². The van der Waals surface area contributed by atoms with Crippen molar-refractivity contribution in [3.63, 3.8) is 0 Å². The largest absolute Gasteiger partial charge is 0.122 e. The summed E-state index contributed by atoms with van der Waals surface area (Å²) in [5, 5.41) is 0. The number of halogens is 2. The smallest absolute Gasteiger partial charge is 0.0743 e. The van der Waals surface area contributed by atoms with Gasteiger partial charge in [-0.3, -0.25) is 0 Å². The highest BCUT2D eigenvalue weighted by Crippen LogP contribution is 2.18. The van der Waals surface area contributed by atoms with Crippen LogP contribution in [0.3, 0.4) is 0 Å². The molecule has 0 aliphatic heterocycles. The second-order valence-electron chi connectivity index (χ2n) is 0.969. The molecular formula is C4HI2S. The van der Waals surface area contributed by atoms with Gasteiger partial charge in [-0.05, 0) is 51.2 Å². The lowest BCUT2D eigenvalue weighted by Gasteiger charge is -1.67. The summed E-state index contributed by atoms with van der Waals surface area (Å²) in [6.07, 6.45) is 0. The standard InChI is InChI=1S/C4HI2S/c5-3-1-2-4(6)7-3/h1H. The summed E-state index contributed by atoms with van der Waals surface area (Å²) < 4.78 is 2.55. The van der Waals surface area contributed by atoms with Crippen LogP contribution in [0.4, 0.5) is 0 Å². The van der Waals surface area contributed by atoms with E-state index in [9.17, 15) is 0 Å². The molecule has 0 aliphatic carbocycles. The first-order valence-corrected chi connectivity index (χ1v) is 4.59. The van der Waals surface area contributed by atoms with Gasteiger partial charge in [0.1, 0.15) is 0 Å². The molecule has 1 aromatic rings. The Morgan fingerprint density at radius 1 is 1.57 bits per heavy atom. The van der Waals surface area contributed by atoms with Gasteiger partial charge in [-0.25, -0.2) is 0 Å². The van der Waals surface area contributed by atoms with Gasteiger partial charge in [0, 0.05) is 6.07 Å². The van der Waals surface area contributed by atoms with Crippen LogP contribution in [0.5, 0.6) is 0 Å². The van der Waals surface area contributed by atoms with E-state index in [-0.39, 0.29) is 0 Å². The maximum absolute atomic E-state index is 3.07. The summed E-state index contributed by atoms with van der Waals surface area (Å²) in [4.78, 5) is 0. The van der Waals surface area contributed by atoms with Gasteiger partial charge >= 0.3 is 0 Å². The summed E-state index contributed by atoms with van der Waals surface area (Å²) in [6.45, 7) is 0. The Morgan fingerprint density at radius 3 is 2.43 bits per heavy atom. The fraction of sp³-hybridized carbons (Fsp3) is 0. The van der Waals surface area contributed by atoms with Crippen molar-refractivity contribution in [2.45, 2.75) is 0 Å². The van der Waals surface area contributed by atoms with Gasteiger partial charge < -0.3 is 0 Å². The summed E-state index contributed by atoms with van der Waals surface area (Å²) in [5.74, 6) is 0. The minimum Gasteiger partial charge on any atom is -0.122 e. The molecule has 37 valence electrons. The Balaban J connectivity index is 3.04. The van der Waals surface area contributed by atoms with Crippen LogP contribution in [0.15, 0.2) is 6.07 Å². The van der Waals surface area contributed by atoms with Gasteiger partial charge in [0.15, 0.2) is 0 Å². The lowest BCUT2D eigenvalue weighted by atomic mass is 10.7. The van der Waals surface area contributed by atoms with Crippen molar-refractivity contribution >= 4 is 56.5 Å². The van der Waals surface area contributed by atoms with E-state index in [4.69, 9.17) is 0 Å². The molecule has 1 aromatic heterocycles. The average Bonchev–Trinajstić information content (AvgIpc) is 1.87. The van der Waals surface area contributed by atoms with Crippen LogP contribution in [0.25, 0.3) is 0 Å². The van der Waals surface area contributed by atoms with E-state index in [0.29, 0.717) is 0 Å². The molecule has 7 heavy (non-hydrogen) atoms. The van der Waals surface area contributed by atoms with Crippen molar-refractivity contribution in [3.05, 3.63) is 17.9 Å². The van der Waals surface area contributed by atoms with Gasteiger partial charge in [-0.1, -0.05) is 0 Å². The van der Waals surface area contributed by atoms with E-state index in [0.717, 1.165) is 0 Å². The van der Waals surface area contributed by atoms with Crippen LogP contribution in [-0.4, -0.2) is 0 Å². The summed E-state index contributed by atoms with van der Waals surface area (Å²) in [6, 6.07) is 5.06. The van der Waals surface area contributed by atoms with Crippen molar-refractivity contribution in [2.24, 2.45) is 0 Å². The highest BCUT2D eigenvalue weighted by Gasteiger charge is 1.88.